The van der Waals surface area contributed by atoms with Crippen molar-refractivity contribution in [1.29, 1.82) is 0 Å². The fourth-order valence-electron chi connectivity index (χ4n) is 3.77. The second kappa shape index (κ2) is 6.60. The standard InChI is InChI=1S/C20H22F2N4O3S/c1-10-9-30-17(23-10)13-4-5-14(29-20(21,22)19(2,3)27)15-16(13)28-18(25-15)26-7-11-6-12(8-26)24-11/h4-5,9,11-12,24,27H,6-8H2,1-3H3. The molecule has 0 radical (unpaired) electrons. The van der Waals surface area contributed by atoms with Crippen molar-refractivity contribution in [2.75, 3.05) is 18.0 Å². The van der Waals surface area contributed by atoms with Crippen molar-refractivity contribution in [2.45, 2.75) is 51.0 Å². The minimum Gasteiger partial charge on any atom is -0.428 e. The summed E-state index contributed by atoms with van der Waals surface area (Å²) in [6, 6.07) is 4.21. The summed E-state index contributed by atoms with van der Waals surface area (Å²) in [6.45, 7) is 5.36. The summed E-state index contributed by atoms with van der Waals surface area (Å²) < 4.78 is 39.9. The van der Waals surface area contributed by atoms with Gasteiger partial charge in [-0.3, -0.25) is 0 Å². The van der Waals surface area contributed by atoms with Crippen LogP contribution in [-0.2, 0) is 0 Å². The van der Waals surface area contributed by atoms with Crippen LogP contribution >= 0.6 is 11.3 Å². The second-order valence-corrected chi connectivity index (χ2v) is 9.32. The van der Waals surface area contributed by atoms with Gasteiger partial charge in [-0.15, -0.1) is 11.3 Å². The molecular formula is C20H22F2N4O3S. The van der Waals surface area contributed by atoms with E-state index >= 15 is 0 Å². The number of piperazine rings is 1. The number of rotatable bonds is 5. The molecule has 3 saturated heterocycles. The number of aromatic nitrogens is 2. The Morgan fingerprint density at radius 1 is 1.27 bits per heavy atom. The first-order chi connectivity index (χ1) is 14.1. The van der Waals surface area contributed by atoms with E-state index in [0.29, 0.717) is 34.3 Å². The van der Waals surface area contributed by atoms with Crippen molar-refractivity contribution in [3.63, 3.8) is 0 Å². The van der Waals surface area contributed by atoms with E-state index in [1.165, 1.54) is 17.4 Å². The molecule has 3 aliphatic rings. The number of hydrogen-bond donors (Lipinski definition) is 2. The highest BCUT2D eigenvalue weighted by atomic mass is 32.1. The molecule has 30 heavy (non-hydrogen) atoms. The highest BCUT2D eigenvalue weighted by Gasteiger charge is 2.49. The molecule has 2 atom stereocenters. The van der Waals surface area contributed by atoms with E-state index in [-0.39, 0.29) is 11.3 Å². The Kier molecular flexibility index (Phi) is 4.32. The third-order valence-electron chi connectivity index (χ3n) is 5.49. The molecule has 7 nitrogen and oxygen atoms in total. The normalized spacial score (nSPS) is 21.7. The van der Waals surface area contributed by atoms with Crippen LogP contribution in [0.5, 0.6) is 5.75 Å². The molecule has 0 saturated carbocycles. The van der Waals surface area contributed by atoms with E-state index in [1.54, 1.807) is 6.07 Å². The molecule has 1 aromatic carbocycles. The van der Waals surface area contributed by atoms with Crippen molar-refractivity contribution in [3.05, 3.63) is 23.2 Å². The summed E-state index contributed by atoms with van der Waals surface area (Å²) >= 11 is 1.44. The van der Waals surface area contributed by atoms with Gasteiger partial charge < -0.3 is 24.5 Å². The van der Waals surface area contributed by atoms with Crippen molar-refractivity contribution < 1.29 is 23.0 Å². The number of thiazole rings is 1. The number of anilines is 1. The Hall–Kier alpha value is -2.30. The molecule has 2 unspecified atom stereocenters. The average Bonchev–Trinajstić information content (AvgIpc) is 3.27. The van der Waals surface area contributed by atoms with E-state index in [0.717, 1.165) is 39.1 Å². The van der Waals surface area contributed by atoms with Gasteiger partial charge in [0.1, 0.15) is 5.01 Å². The molecule has 2 N–H and O–H groups in total. The van der Waals surface area contributed by atoms with Gasteiger partial charge in [-0.25, -0.2) is 4.98 Å². The predicted molar refractivity (Wildman–Crippen MR) is 109 cm³/mol. The Balaban J connectivity index is 1.60. The van der Waals surface area contributed by atoms with E-state index < -0.39 is 11.7 Å². The summed E-state index contributed by atoms with van der Waals surface area (Å²) in [5.74, 6) is -0.149. The third-order valence-corrected chi connectivity index (χ3v) is 6.48. The van der Waals surface area contributed by atoms with Gasteiger partial charge in [0.05, 0.1) is 5.56 Å². The van der Waals surface area contributed by atoms with Gasteiger partial charge in [0, 0.05) is 36.2 Å². The maximum atomic E-state index is 14.4. The molecule has 0 amide bonds. The van der Waals surface area contributed by atoms with Gasteiger partial charge in [-0.2, -0.15) is 13.8 Å². The van der Waals surface area contributed by atoms with Crippen LogP contribution in [0.25, 0.3) is 21.7 Å². The maximum Gasteiger partial charge on any atom is 0.426 e. The number of oxazole rings is 1. The lowest BCUT2D eigenvalue weighted by atomic mass is 9.92. The van der Waals surface area contributed by atoms with Crippen molar-refractivity contribution in [2.24, 2.45) is 0 Å². The lowest BCUT2D eigenvalue weighted by Gasteiger charge is -2.47. The van der Waals surface area contributed by atoms with Crippen LogP contribution < -0.4 is 15.0 Å². The number of nitrogens with zero attached hydrogens (tertiary/aromatic N) is 3. The molecule has 5 heterocycles. The number of aliphatic hydroxyl groups is 1. The number of hydrogen-bond acceptors (Lipinski definition) is 8. The number of aryl methyl sites for hydroxylation is 1. The fraction of sp³-hybridized carbons (Fsp3) is 0.500. The first kappa shape index (κ1) is 19.7. The smallest absolute Gasteiger partial charge is 0.426 e. The third kappa shape index (κ3) is 3.23. The molecule has 0 aliphatic carbocycles. The highest BCUT2D eigenvalue weighted by Crippen LogP contribution is 2.41. The van der Waals surface area contributed by atoms with E-state index in [1.807, 2.05) is 17.2 Å². The highest BCUT2D eigenvalue weighted by molar-refractivity contribution is 7.13. The largest absolute Gasteiger partial charge is 0.428 e. The summed E-state index contributed by atoms with van der Waals surface area (Å²) in [6.07, 6.45) is -2.69. The van der Waals surface area contributed by atoms with E-state index in [2.05, 4.69) is 15.3 Å². The molecule has 3 aliphatic heterocycles. The average molecular weight is 436 g/mol. The topological polar surface area (TPSA) is 83.7 Å². The van der Waals surface area contributed by atoms with Crippen LogP contribution in [0.2, 0.25) is 0 Å². The first-order valence-corrected chi connectivity index (χ1v) is 10.6. The minimum absolute atomic E-state index is 0.149. The number of nitrogens with one attached hydrogen (secondary N) is 1. The summed E-state index contributed by atoms with van der Waals surface area (Å²) in [5, 5.41) is 15.9. The van der Waals surface area contributed by atoms with Gasteiger partial charge in [-0.1, -0.05) is 0 Å². The fourth-order valence-corrected chi connectivity index (χ4v) is 4.59. The Morgan fingerprint density at radius 3 is 2.57 bits per heavy atom. The number of alkyl halides is 2. The molecule has 6 rings (SSSR count). The van der Waals surface area contributed by atoms with Crippen LogP contribution in [-0.4, -0.2) is 52.0 Å². The van der Waals surface area contributed by atoms with Crippen LogP contribution in [0.3, 0.4) is 0 Å². The van der Waals surface area contributed by atoms with Crippen LogP contribution in [0.15, 0.2) is 21.9 Å². The van der Waals surface area contributed by atoms with Crippen molar-refractivity contribution in [1.82, 2.24) is 15.3 Å². The maximum absolute atomic E-state index is 14.4. The van der Waals surface area contributed by atoms with Gasteiger partial charge in [-0.05, 0) is 39.3 Å². The SMILES string of the molecule is Cc1csc(-c2ccc(OC(F)(F)C(C)(C)O)c3nc(N4CC5CC(C4)N5)oc23)n1. The minimum atomic E-state index is -3.81. The molecule has 3 aromatic rings. The quantitative estimate of drug-likeness (QED) is 0.633. The number of fused-ring (bicyclic) bond motifs is 3. The predicted octanol–water partition coefficient (Wildman–Crippen LogP) is 3.55. The van der Waals surface area contributed by atoms with Gasteiger partial charge in [0.15, 0.2) is 22.5 Å². The van der Waals surface area contributed by atoms with Crippen molar-refractivity contribution >= 4 is 28.5 Å². The van der Waals surface area contributed by atoms with Crippen LogP contribution in [0, 0.1) is 6.92 Å². The van der Waals surface area contributed by atoms with Gasteiger partial charge in [0.25, 0.3) is 6.01 Å². The monoisotopic (exact) mass is 436 g/mol. The zero-order valence-corrected chi connectivity index (χ0v) is 17.6. The number of benzene rings is 1. The zero-order valence-electron chi connectivity index (χ0n) is 16.8. The molecule has 160 valence electrons. The van der Waals surface area contributed by atoms with Gasteiger partial charge in [0.2, 0.25) is 0 Å². The van der Waals surface area contributed by atoms with Crippen molar-refractivity contribution in [3.8, 4) is 16.3 Å². The molecular weight excluding hydrogens is 414 g/mol. The number of piperidine rings is 1. The second-order valence-electron chi connectivity index (χ2n) is 8.46. The zero-order chi connectivity index (χ0) is 21.3. The summed E-state index contributed by atoms with van der Waals surface area (Å²) in [4.78, 5) is 11.0. The molecule has 2 bridgehead atoms. The van der Waals surface area contributed by atoms with Crippen LogP contribution in [0.4, 0.5) is 14.8 Å². The summed E-state index contributed by atoms with van der Waals surface area (Å²) in [7, 11) is 0. The lowest BCUT2D eigenvalue weighted by Crippen LogP contribution is -2.67. The summed E-state index contributed by atoms with van der Waals surface area (Å²) in [5.41, 5.74) is -0.307. The van der Waals surface area contributed by atoms with E-state index in [4.69, 9.17) is 9.15 Å². The number of halogens is 2. The molecule has 10 heteroatoms. The van der Waals surface area contributed by atoms with E-state index in [9.17, 15) is 13.9 Å². The first-order valence-electron chi connectivity index (χ1n) is 9.77. The van der Waals surface area contributed by atoms with Crippen LogP contribution in [0.1, 0.15) is 26.0 Å². The molecule has 0 spiro atoms. The number of ether oxygens (including phenoxy) is 1. The lowest BCUT2D eigenvalue weighted by molar-refractivity contribution is -0.275. The molecule has 2 aromatic heterocycles. The Morgan fingerprint density at radius 2 is 1.97 bits per heavy atom. The van der Waals surface area contributed by atoms with Gasteiger partial charge >= 0.3 is 6.11 Å². The Labute approximate surface area is 175 Å². The Bertz CT molecular complexity index is 1090. The molecule has 3 fully saturated rings.